The van der Waals surface area contributed by atoms with Crippen molar-refractivity contribution >= 4 is 128 Å². The predicted octanol–water partition coefficient (Wildman–Crippen LogP) is 18.7. The van der Waals surface area contributed by atoms with Gasteiger partial charge in [-0.05, 0) is 187 Å². The van der Waals surface area contributed by atoms with E-state index in [1.807, 2.05) is 0 Å². The Bertz CT molecular complexity index is 2330. The summed E-state index contributed by atoms with van der Waals surface area (Å²) >= 11 is 14.9. The van der Waals surface area contributed by atoms with Crippen LogP contribution in [0.3, 0.4) is 0 Å². The third-order valence-corrected chi connectivity index (χ3v) is 13.5. The molecular formula is C52H52Br4. The molecular weight excluding hydrogens is 944 g/mol. The van der Waals surface area contributed by atoms with E-state index in [4.69, 9.17) is 0 Å². The van der Waals surface area contributed by atoms with Crippen molar-refractivity contribution in [3.8, 4) is 0 Å². The fraction of sp³-hybridized carbons (Fsp3) is 0.308. The summed E-state index contributed by atoms with van der Waals surface area (Å²) in [4.78, 5) is 0. The van der Waals surface area contributed by atoms with E-state index in [2.05, 4.69) is 188 Å². The van der Waals surface area contributed by atoms with Crippen LogP contribution in [-0.2, 0) is 25.7 Å². The van der Waals surface area contributed by atoms with Crippen molar-refractivity contribution in [2.75, 3.05) is 0 Å². The molecule has 8 aromatic carbocycles. The Morgan fingerprint density at radius 2 is 0.536 bits per heavy atom. The van der Waals surface area contributed by atoms with Gasteiger partial charge in [-0.2, -0.15) is 0 Å². The Morgan fingerprint density at radius 1 is 0.304 bits per heavy atom. The largest absolute Gasteiger partial charge is 0.0654 e. The van der Waals surface area contributed by atoms with Crippen molar-refractivity contribution in [3.63, 3.8) is 0 Å². The van der Waals surface area contributed by atoms with Crippen molar-refractivity contribution < 1.29 is 0 Å². The highest BCUT2D eigenvalue weighted by molar-refractivity contribution is 9.11. The highest BCUT2D eigenvalue weighted by atomic mass is 79.9. The number of halogens is 4. The Balaban J connectivity index is 0.000000172. The molecule has 0 nitrogen and oxygen atoms in total. The van der Waals surface area contributed by atoms with Gasteiger partial charge in [0.15, 0.2) is 0 Å². The van der Waals surface area contributed by atoms with Crippen molar-refractivity contribution in [1.82, 2.24) is 0 Å². The molecule has 0 amide bonds. The maximum atomic E-state index is 3.71. The second kappa shape index (κ2) is 18.9. The zero-order chi connectivity index (χ0) is 39.3. The van der Waals surface area contributed by atoms with Crippen molar-refractivity contribution in [2.45, 2.75) is 105 Å². The van der Waals surface area contributed by atoms with E-state index in [-0.39, 0.29) is 0 Å². The lowest BCUT2D eigenvalue weighted by atomic mass is 9.89. The number of unbranched alkanes of at least 4 members (excludes halogenated alkanes) is 4. The smallest absolute Gasteiger partial charge is 0.0181 e. The summed E-state index contributed by atoms with van der Waals surface area (Å²) < 4.78 is 4.58. The summed E-state index contributed by atoms with van der Waals surface area (Å²) in [5.74, 6) is 0. The van der Waals surface area contributed by atoms with E-state index in [1.165, 1.54) is 138 Å². The first kappa shape index (κ1) is 41.4. The fourth-order valence-corrected chi connectivity index (χ4v) is 10.1. The van der Waals surface area contributed by atoms with Gasteiger partial charge in [0.05, 0.1) is 0 Å². The Morgan fingerprint density at radius 3 is 0.750 bits per heavy atom. The van der Waals surface area contributed by atoms with Crippen LogP contribution in [0.5, 0.6) is 0 Å². The van der Waals surface area contributed by atoms with E-state index in [0.29, 0.717) is 0 Å². The molecule has 0 aliphatic carbocycles. The van der Waals surface area contributed by atoms with Crippen LogP contribution < -0.4 is 0 Å². The molecule has 0 heterocycles. The minimum absolute atomic E-state index is 1.14. The van der Waals surface area contributed by atoms with Gasteiger partial charge in [-0.1, -0.05) is 166 Å². The SMILES string of the molecule is CCCCc1cc2cc(CCCC)c3ccc(Br)cc3c2c2cc(Br)ccc12.CCCCc1cc2cc(CCCC)c3ccc(Br)cc3c2c2cc(Br)ccc12. The zero-order valence-electron chi connectivity index (χ0n) is 33.2. The van der Waals surface area contributed by atoms with Crippen LogP contribution in [0.4, 0.5) is 0 Å². The van der Waals surface area contributed by atoms with Crippen molar-refractivity contribution in [3.05, 3.63) is 137 Å². The summed E-state index contributed by atoms with van der Waals surface area (Å²) in [6.45, 7) is 9.09. The van der Waals surface area contributed by atoms with E-state index >= 15 is 0 Å². The number of hydrogen-bond acceptors (Lipinski definition) is 0. The van der Waals surface area contributed by atoms with Gasteiger partial charge in [-0.3, -0.25) is 0 Å². The first-order valence-corrected chi connectivity index (χ1v) is 23.9. The highest BCUT2D eigenvalue weighted by Crippen LogP contribution is 2.41. The molecule has 0 saturated carbocycles. The standard InChI is InChI=1S/2C26H26Br2/c2*1-3-5-7-17-13-19-14-18(8-6-4-2)23-12-10-21(28)16-25(23)26(19)24-15-20(27)9-11-22(17)24/h2*9-16H,3-8H2,1-2H3. The molecule has 0 bridgehead atoms. The van der Waals surface area contributed by atoms with Crippen LogP contribution in [0.25, 0.3) is 64.6 Å². The molecule has 56 heavy (non-hydrogen) atoms. The van der Waals surface area contributed by atoms with Gasteiger partial charge in [-0.25, -0.2) is 0 Å². The Hall–Kier alpha value is -2.76. The number of benzene rings is 8. The molecule has 0 fully saturated rings. The normalized spacial score (nSPS) is 11.7. The molecule has 0 aromatic heterocycles. The average molecular weight is 997 g/mol. The molecule has 0 aliphatic rings. The van der Waals surface area contributed by atoms with E-state index in [9.17, 15) is 0 Å². The van der Waals surface area contributed by atoms with E-state index in [0.717, 1.165) is 43.6 Å². The first-order valence-electron chi connectivity index (χ1n) is 20.8. The molecule has 0 aliphatic heterocycles. The summed E-state index contributed by atoms with van der Waals surface area (Å²) in [6.07, 6.45) is 14.4. The van der Waals surface area contributed by atoms with E-state index < -0.39 is 0 Å². The molecule has 8 rings (SSSR count). The molecule has 0 spiro atoms. The second-order valence-corrected chi connectivity index (χ2v) is 19.2. The van der Waals surface area contributed by atoms with E-state index in [1.54, 1.807) is 0 Å². The molecule has 288 valence electrons. The lowest BCUT2D eigenvalue weighted by Gasteiger charge is -2.16. The van der Waals surface area contributed by atoms with Gasteiger partial charge in [-0.15, -0.1) is 0 Å². The van der Waals surface area contributed by atoms with Crippen LogP contribution in [0.15, 0.2) is 115 Å². The monoisotopic (exact) mass is 992 g/mol. The summed E-state index contributed by atoms with van der Waals surface area (Å²) in [5.41, 5.74) is 5.92. The number of aryl methyl sites for hydroxylation is 4. The maximum Gasteiger partial charge on any atom is 0.0181 e. The zero-order valence-corrected chi connectivity index (χ0v) is 39.6. The van der Waals surface area contributed by atoms with Gasteiger partial charge >= 0.3 is 0 Å². The number of fused-ring (bicyclic) bond motifs is 10. The minimum Gasteiger partial charge on any atom is -0.0654 e. The summed E-state index contributed by atoms with van der Waals surface area (Å²) in [5, 5.41) is 16.6. The van der Waals surface area contributed by atoms with Crippen LogP contribution in [0.2, 0.25) is 0 Å². The molecule has 0 atom stereocenters. The fourth-order valence-electron chi connectivity index (χ4n) is 8.66. The second-order valence-electron chi connectivity index (χ2n) is 15.5. The Kier molecular flexibility index (Phi) is 14.0. The van der Waals surface area contributed by atoms with Crippen LogP contribution in [0.1, 0.15) is 101 Å². The lowest BCUT2D eigenvalue weighted by Crippen LogP contribution is -1.94. The summed E-state index contributed by atoms with van der Waals surface area (Å²) in [6, 6.07) is 36.9. The molecule has 0 radical (unpaired) electrons. The van der Waals surface area contributed by atoms with Crippen LogP contribution in [0, 0.1) is 0 Å². The third kappa shape index (κ3) is 8.80. The van der Waals surface area contributed by atoms with Crippen LogP contribution in [-0.4, -0.2) is 0 Å². The molecule has 4 heteroatoms. The maximum absolute atomic E-state index is 3.71. The Labute approximate surface area is 367 Å². The van der Waals surface area contributed by atoms with Gasteiger partial charge < -0.3 is 0 Å². The minimum atomic E-state index is 1.14. The topological polar surface area (TPSA) is 0 Å². The van der Waals surface area contributed by atoms with Gasteiger partial charge in [0, 0.05) is 17.9 Å². The molecule has 0 unspecified atom stereocenters. The average Bonchev–Trinajstić information content (AvgIpc) is 3.19. The lowest BCUT2D eigenvalue weighted by molar-refractivity contribution is 0.798. The number of rotatable bonds is 12. The third-order valence-electron chi connectivity index (χ3n) is 11.5. The highest BCUT2D eigenvalue weighted by Gasteiger charge is 2.15. The van der Waals surface area contributed by atoms with Crippen molar-refractivity contribution in [1.29, 1.82) is 0 Å². The van der Waals surface area contributed by atoms with Gasteiger partial charge in [0.1, 0.15) is 0 Å². The van der Waals surface area contributed by atoms with Gasteiger partial charge in [0.25, 0.3) is 0 Å². The quantitative estimate of drug-likeness (QED) is 0.107. The number of hydrogen-bond donors (Lipinski definition) is 0. The van der Waals surface area contributed by atoms with Crippen LogP contribution >= 0.6 is 63.7 Å². The molecule has 8 aromatic rings. The predicted molar refractivity (Wildman–Crippen MR) is 263 cm³/mol. The first-order chi connectivity index (χ1) is 27.2. The molecule has 0 saturated heterocycles. The molecule has 0 N–H and O–H groups in total. The van der Waals surface area contributed by atoms with Gasteiger partial charge in [0.2, 0.25) is 0 Å². The summed E-state index contributed by atoms with van der Waals surface area (Å²) in [7, 11) is 0. The van der Waals surface area contributed by atoms with Crippen molar-refractivity contribution in [2.24, 2.45) is 0 Å².